The fraction of sp³-hybridized carbons (Fsp3) is 0.450. The lowest BCUT2D eigenvalue weighted by Crippen LogP contribution is -2.26. The van der Waals surface area contributed by atoms with E-state index in [4.69, 9.17) is 11.6 Å². The Labute approximate surface area is 170 Å². The molecule has 1 aromatic carbocycles. The van der Waals surface area contributed by atoms with Crippen molar-refractivity contribution in [3.63, 3.8) is 0 Å². The number of sulfone groups is 1. The van der Waals surface area contributed by atoms with Gasteiger partial charge in [0.1, 0.15) is 5.82 Å². The van der Waals surface area contributed by atoms with E-state index >= 15 is 0 Å². The van der Waals surface area contributed by atoms with Gasteiger partial charge in [0.05, 0.1) is 18.1 Å². The van der Waals surface area contributed by atoms with Gasteiger partial charge in [-0.1, -0.05) is 17.7 Å². The highest BCUT2D eigenvalue weighted by molar-refractivity contribution is 7.91. The van der Waals surface area contributed by atoms with Crippen LogP contribution in [0.1, 0.15) is 39.8 Å². The third-order valence-corrected chi connectivity index (χ3v) is 7.37. The number of halogens is 2. The predicted molar refractivity (Wildman–Crippen MR) is 108 cm³/mol. The van der Waals surface area contributed by atoms with Gasteiger partial charge in [0.15, 0.2) is 15.6 Å². The number of carbonyl (C=O) groups excluding carboxylic acids is 1. The van der Waals surface area contributed by atoms with Gasteiger partial charge in [-0.2, -0.15) is 0 Å². The molecule has 1 unspecified atom stereocenters. The zero-order chi connectivity index (χ0) is 20.6. The van der Waals surface area contributed by atoms with Crippen molar-refractivity contribution < 1.29 is 17.6 Å². The van der Waals surface area contributed by atoms with Crippen molar-refractivity contribution in [2.24, 2.45) is 0 Å². The lowest BCUT2D eigenvalue weighted by molar-refractivity contribution is 0.0941. The highest BCUT2D eigenvalue weighted by Crippen LogP contribution is 2.29. The summed E-state index contributed by atoms with van der Waals surface area (Å²) in [6.07, 6.45) is 0.567. The third-order valence-electron chi connectivity index (χ3n) is 5.26. The predicted octanol–water partition coefficient (Wildman–Crippen LogP) is 3.57. The van der Waals surface area contributed by atoms with E-state index in [1.807, 2.05) is 24.5 Å². The molecule has 0 radical (unpaired) electrons. The molecule has 0 N–H and O–H groups in total. The second kappa shape index (κ2) is 7.97. The van der Waals surface area contributed by atoms with E-state index in [9.17, 15) is 17.6 Å². The topological polar surface area (TPSA) is 59.4 Å². The highest BCUT2D eigenvalue weighted by atomic mass is 35.5. The Kier molecular flexibility index (Phi) is 5.98. The fourth-order valence-electron chi connectivity index (χ4n) is 3.94. The van der Waals surface area contributed by atoms with Crippen LogP contribution in [-0.4, -0.2) is 48.8 Å². The first-order chi connectivity index (χ1) is 13.1. The number of hydrogen-bond donors (Lipinski definition) is 0. The molecule has 1 aliphatic heterocycles. The Hall–Kier alpha value is -1.70. The standard InChI is InChI=1S/C20H24ClFN2O3S/c1-13-9-16(14(2)24(13)15-7-8-28(26,27)12-15)20(25)11-23(3)10-17-18(21)5-4-6-19(17)22/h4-6,9,15H,7-8,10-12H2,1-3H3. The molecule has 0 bridgehead atoms. The molecule has 1 aromatic heterocycles. The third kappa shape index (κ3) is 4.31. The van der Waals surface area contributed by atoms with Crippen LogP contribution in [0.25, 0.3) is 0 Å². The molecule has 28 heavy (non-hydrogen) atoms. The summed E-state index contributed by atoms with van der Waals surface area (Å²) in [7, 11) is -1.27. The summed E-state index contributed by atoms with van der Waals surface area (Å²) in [6, 6.07) is 6.21. The summed E-state index contributed by atoms with van der Waals surface area (Å²) >= 11 is 6.07. The van der Waals surface area contributed by atoms with E-state index < -0.39 is 15.7 Å². The zero-order valence-corrected chi connectivity index (χ0v) is 17.8. The first kappa shape index (κ1) is 21.0. The average Bonchev–Trinajstić information content (AvgIpc) is 3.09. The van der Waals surface area contributed by atoms with Crippen LogP contribution >= 0.6 is 11.6 Å². The number of rotatable bonds is 6. The summed E-state index contributed by atoms with van der Waals surface area (Å²) in [5.41, 5.74) is 2.60. The maximum atomic E-state index is 14.0. The van der Waals surface area contributed by atoms with Crippen molar-refractivity contribution in [1.29, 1.82) is 0 Å². The molecule has 2 aromatic rings. The first-order valence-electron chi connectivity index (χ1n) is 9.12. The van der Waals surface area contributed by atoms with E-state index in [1.165, 1.54) is 6.07 Å². The van der Waals surface area contributed by atoms with Crippen molar-refractivity contribution in [2.75, 3.05) is 25.1 Å². The van der Waals surface area contributed by atoms with Gasteiger partial charge in [-0.15, -0.1) is 0 Å². The average molecular weight is 427 g/mol. The molecular weight excluding hydrogens is 403 g/mol. The van der Waals surface area contributed by atoms with Gasteiger partial charge in [0, 0.05) is 40.1 Å². The highest BCUT2D eigenvalue weighted by Gasteiger charge is 2.31. The van der Waals surface area contributed by atoms with Crippen LogP contribution in [0, 0.1) is 19.7 Å². The van der Waals surface area contributed by atoms with E-state index in [0.717, 1.165) is 11.4 Å². The molecule has 0 spiro atoms. The Morgan fingerprint density at radius 3 is 2.68 bits per heavy atom. The van der Waals surface area contributed by atoms with E-state index in [2.05, 4.69) is 0 Å². The van der Waals surface area contributed by atoms with Crippen LogP contribution in [0.5, 0.6) is 0 Å². The number of hydrogen-bond acceptors (Lipinski definition) is 4. The van der Waals surface area contributed by atoms with Crippen LogP contribution < -0.4 is 0 Å². The van der Waals surface area contributed by atoms with Gasteiger partial charge >= 0.3 is 0 Å². The van der Waals surface area contributed by atoms with Crippen molar-refractivity contribution in [3.05, 3.63) is 57.6 Å². The van der Waals surface area contributed by atoms with E-state index in [1.54, 1.807) is 24.1 Å². The monoisotopic (exact) mass is 426 g/mol. The number of nitrogens with zero attached hydrogens (tertiary/aromatic N) is 2. The van der Waals surface area contributed by atoms with Gasteiger partial charge in [0.25, 0.3) is 0 Å². The summed E-state index contributed by atoms with van der Waals surface area (Å²) in [5, 5.41) is 0.333. The summed E-state index contributed by atoms with van der Waals surface area (Å²) in [6.45, 7) is 4.06. The number of benzene rings is 1. The second-order valence-electron chi connectivity index (χ2n) is 7.51. The minimum Gasteiger partial charge on any atom is -0.344 e. The number of carbonyl (C=O) groups is 1. The number of ketones is 1. The molecule has 8 heteroatoms. The largest absolute Gasteiger partial charge is 0.344 e. The number of likely N-dealkylation sites (N-methyl/N-ethyl adjacent to an activating group) is 1. The van der Waals surface area contributed by atoms with Crippen LogP contribution in [0.15, 0.2) is 24.3 Å². The summed E-state index contributed by atoms with van der Waals surface area (Å²) < 4.78 is 39.6. The first-order valence-corrected chi connectivity index (χ1v) is 11.3. The lowest BCUT2D eigenvalue weighted by Gasteiger charge is -2.18. The van der Waals surface area contributed by atoms with Gasteiger partial charge in [-0.25, -0.2) is 12.8 Å². The van der Waals surface area contributed by atoms with Gasteiger partial charge in [-0.05, 0) is 45.5 Å². The SMILES string of the molecule is Cc1cc(C(=O)CN(C)Cc2c(F)cccc2Cl)c(C)n1C1CCS(=O)(=O)C1. The molecule has 3 rings (SSSR count). The number of aromatic nitrogens is 1. The molecule has 0 saturated carbocycles. The second-order valence-corrected chi connectivity index (χ2v) is 10.1. The molecule has 1 saturated heterocycles. The molecule has 1 fully saturated rings. The molecule has 0 amide bonds. The normalized spacial score (nSPS) is 18.7. The van der Waals surface area contributed by atoms with Gasteiger partial charge in [-0.3, -0.25) is 9.69 Å². The van der Waals surface area contributed by atoms with E-state index in [-0.39, 0.29) is 36.4 Å². The molecule has 152 valence electrons. The molecular formula is C20H24ClFN2O3S. The van der Waals surface area contributed by atoms with Crippen LogP contribution in [0.4, 0.5) is 4.39 Å². The maximum absolute atomic E-state index is 14.0. The minimum absolute atomic E-state index is 0.0878. The number of Topliss-reactive ketones (excluding diaryl/α,β-unsaturated/α-hetero) is 1. The van der Waals surface area contributed by atoms with Crippen LogP contribution in [-0.2, 0) is 16.4 Å². The Bertz CT molecular complexity index is 996. The zero-order valence-electron chi connectivity index (χ0n) is 16.2. The lowest BCUT2D eigenvalue weighted by atomic mass is 10.1. The maximum Gasteiger partial charge on any atom is 0.178 e. The van der Waals surface area contributed by atoms with Crippen LogP contribution in [0.3, 0.4) is 0 Å². The molecule has 1 atom stereocenters. The molecule has 2 heterocycles. The minimum atomic E-state index is -3.01. The smallest absolute Gasteiger partial charge is 0.178 e. The molecule has 0 aliphatic carbocycles. The Morgan fingerprint density at radius 1 is 1.36 bits per heavy atom. The fourth-order valence-corrected chi connectivity index (χ4v) is 5.86. The van der Waals surface area contributed by atoms with Crippen molar-refractivity contribution in [2.45, 2.75) is 32.9 Å². The summed E-state index contributed by atoms with van der Waals surface area (Å²) in [5.74, 6) is -0.185. The Balaban J connectivity index is 1.75. The van der Waals surface area contributed by atoms with Crippen molar-refractivity contribution in [3.8, 4) is 0 Å². The molecule has 5 nitrogen and oxygen atoms in total. The summed E-state index contributed by atoms with van der Waals surface area (Å²) in [4.78, 5) is 14.6. The van der Waals surface area contributed by atoms with E-state index in [0.29, 0.717) is 22.6 Å². The van der Waals surface area contributed by atoms with Crippen LogP contribution in [0.2, 0.25) is 5.02 Å². The van der Waals surface area contributed by atoms with Crippen molar-refractivity contribution >= 4 is 27.2 Å². The van der Waals surface area contributed by atoms with Gasteiger partial charge < -0.3 is 4.57 Å². The Morgan fingerprint density at radius 2 is 2.07 bits per heavy atom. The van der Waals surface area contributed by atoms with Crippen molar-refractivity contribution in [1.82, 2.24) is 9.47 Å². The quantitative estimate of drug-likeness (QED) is 0.662. The van der Waals surface area contributed by atoms with Gasteiger partial charge in [0.2, 0.25) is 0 Å². The molecule has 1 aliphatic rings. The number of aryl methyl sites for hydroxylation is 1.